The van der Waals surface area contributed by atoms with Gasteiger partial charge in [0.2, 0.25) is 5.91 Å². The number of esters is 1. The number of ether oxygens (including phenoxy) is 2. The number of phenolic OH excluding ortho intramolecular Hbond substituents is 1. The molecule has 3 N–H and O–H groups in total. The predicted octanol–water partition coefficient (Wildman–Crippen LogP) is 1.91. The number of carbonyl (C=O) groups excluding carboxylic acids is 3. The summed E-state index contributed by atoms with van der Waals surface area (Å²) in [5, 5.41) is 14.4. The van der Waals surface area contributed by atoms with Crippen molar-refractivity contribution in [3.05, 3.63) is 65.7 Å². The minimum Gasteiger partial charge on any atom is -0.508 e. The zero-order valence-corrected chi connectivity index (χ0v) is 16.3. The molecule has 0 aromatic heterocycles. The lowest BCUT2D eigenvalue weighted by Crippen LogP contribution is -2.52. The second kappa shape index (κ2) is 10.7. The molecule has 8 nitrogen and oxygen atoms in total. The highest BCUT2D eigenvalue weighted by Gasteiger charge is 2.25. The van der Waals surface area contributed by atoms with Gasteiger partial charge in [0.1, 0.15) is 24.4 Å². The van der Waals surface area contributed by atoms with Crippen molar-refractivity contribution in [2.75, 3.05) is 7.11 Å². The van der Waals surface area contributed by atoms with Crippen molar-refractivity contribution in [3.63, 3.8) is 0 Å². The average Bonchev–Trinajstić information content (AvgIpc) is 2.73. The van der Waals surface area contributed by atoms with Gasteiger partial charge in [-0.3, -0.25) is 4.79 Å². The van der Waals surface area contributed by atoms with E-state index in [0.29, 0.717) is 5.56 Å². The summed E-state index contributed by atoms with van der Waals surface area (Å²) in [5.74, 6) is -1.08. The van der Waals surface area contributed by atoms with Gasteiger partial charge in [-0.1, -0.05) is 42.5 Å². The third-order valence-corrected chi connectivity index (χ3v) is 4.11. The molecule has 154 valence electrons. The number of carbonyl (C=O) groups is 3. The number of benzene rings is 2. The van der Waals surface area contributed by atoms with E-state index in [0.717, 1.165) is 5.56 Å². The van der Waals surface area contributed by atoms with Crippen molar-refractivity contribution in [2.24, 2.45) is 0 Å². The van der Waals surface area contributed by atoms with Gasteiger partial charge in [-0.05, 0) is 30.2 Å². The number of rotatable bonds is 8. The molecule has 0 fully saturated rings. The Balaban J connectivity index is 2.04. The SMILES string of the molecule is COC(=O)[C@@H](C)NC(=O)[C@H](Cc1ccc(O)cc1)NC(=O)OCc1ccccc1. The van der Waals surface area contributed by atoms with E-state index in [1.165, 1.54) is 26.2 Å². The van der Waals surface area contributed by atoms with Crippen LogP contribution in [0, 0.1) is 0 Å². The molecule has 0 radical (unpaired) electrons. The van der Waals surface area contributed by atoms with Crippen molar-refractivity contribution in [1.82, 2.24) is 10.6 Å². The van der Waals surface area contributed by atoms with Gasteiger partial charge in [-0.2, -0.15) is 0 Å². The largest absolute Gasteiger partial charge is 0.508 e. The number of methoxy groups -OCH3 is 1. The summed E-state index contributed by atoms with van der Waals surface area (Å²) in [4.78, 5) is 36.4. The maximum atomic E-state index is 12.6. The second-order valence-corrected chi connectivity index (χ2v) is 6.38. The van der Waals surface area contributed by atoms with E-state index in [-0.39, 0.29) is 18.8 Å². The van der Waals surface area contributed by atoms with Crippen LogP contribution in [0.25, 0.3) is 0 Å². The van der Waals surface area contributed by atoms with Crippen LogP contribution in [0.4, 0.5) is 4.79 Å². The lowest BCUT2D eigenvalue weighted by molar-refractivity contribution is -0.144. The van der Waals surface area contributed by atoms with E-state index in [9.17, 15) is 19.5 Å². The molecule has 0 unspecified atom stereocenters. The first kappa shape index (κ1) is 21.7. The zero-order valence-electron chi connectivity index (χ0n) is 16.3. The molecule has 0 aliphatic rings. The molecule has 2 aromatic carbocycles. The number of aromatic hydroxyl groups is 1. The lowest BCUT2D eigenvalue weighted by Gasteiger charge is -2.20. The standard InChI is InChI=1S/C21H24N2O6/c1-14(20(26)28-2)22-19(25)18(12-15-8-10-17(24)11-9-15)23-21(27)29-13-16-6-4-3-5-7-16/h3-11,14,18,24H,12-13H2,1-2H3,(H,22,25)(H,23,27)/t14-,18+/m1/s1. The third-order valence-electron chi connectivity index (χ3n) is 4.11. The molecule has 8 heteroatoms. The van der Waals surface area contributed by atoms with Gasteiger partial charge < -0.3 is 25.2 Å². The molecule has 0 bridgehead atoms. The number of amides is 2. The maximum Gasteiger partial charge on any atom is 0.408 e. The van der Waals surface area contributed by atoms with Gasteiger partial charge in [0.15, 0.2) is 0 Å². The van der Waals surface area contributed by atoms with Crippen LogP contribution in [0.15, 0.2) is 54.6 Å². The molecule has 0 saturated carbocycles. The number of alkyl carbamates (subject to hydrolysis) is 1. The molecule has 2 amide bonds. The molecule has 2 aromatic rings. The van der Waals surface area contributed by atoms with Crippen LogP contribution < -0.4 is 10.6 Å². The molecule has 29 heavy (non-hydrogen) atoms. The number of nitrogens with one attached hydrogen (secondary N) is 2. The van der Waals surface area contributed by atoms with Crippen LogP contribution in [0.5, 0.6) is 5.75 Å². The van der Waals surface area contributed by atoms with Crippen molar-refractivity contribution in [1.29, 1.82) is 0 Å². The number of hydrogen-bond acceptors (Lipinski definition) is 6. The Hall–Kier alpha value is -3.55. The fourth-order valence-corrected chi connectivity index (χ4v) is 2.53. The Kier molecular flexibility index (Phi) is 8.02. The van der Waals surface area contributed by atoms with Gasteiger partial charge in [-0.25, -0.2) is 9.59 Å². The van der Waals surface area contributed by atoms with Crippen LogP contribution in [0.2, 0.25) is 0 Å². The molecule has 0 heterocycles. The summed E-state index contributed by atoms with van der Waals surface area (Å²) in [6.07, 6.45) is -0.626. The topological polar surface area (TPSA) is 114 Å². The second-order valence-electron chi connectivity index (χ2n) is 6.38. The summed E-state index contributed by atoms with van der Waals surface area (Å²) in [7, 11) is 1.22. The monoisotopic (exact) mass is 400 g/mol. The molecule has 0 aliphatic carbocycles. The van der Waals surface area contributed by atoms with Crippen molar-refractivity contribution in [2.45, 2.75) is 32.0 Å². The first-order valence-electron chi connectivity index (χ1n) is 9.02. The van der Waals surface area contributed by atoms with Crippen LogP contribution >= 0.6 is 0 Å². The Morgan fingerprint density at radius 2 is 1.62 bits per heavy atom. The minimum absolute atomic E-state index is 0.0544. The molecule has 0 saturated heterocycles. The number of phenols is 1. The highest BCUT2D eigenvalue weighted by atomic mass is 16.5. The highest BCUT2D eigenvalue weighted by molar-refractivity contribution is 5.89. The van der Waals surface area contributed by atoms with Gasteiger partial charge >= 0.3 is 12.1 Å². The van der Waals surface area contributed by atoms with E-state index in [4.69, 9.17) is 4.74 Å². The van der Waals surface area contributed by atoms with Gasteiger partial charge in [-0.15, -0.1) is 0 Å². The third kappa shape index (κ3) is 7.17. The van der Waals surface area contributed by atoms with Crippen LogP contribution in [0.1, 0.15) is 18.1 Å². The molecular weight excluding hydrogens is 376 g/mol. The normalized spacial score (nSPS) is 12.3. The van der Waals surface area contributed by atoms with E-state index >= 15 is 0 Å². The smallest absolute Gasteiger partial charge is 0.408 e. The van der Waals surface area contributed by atoms with Gasteiger partial charge in [0.05, 0.1) is 7.11 Å². The summed E-state index contributed by atoms with van der Waals surface area (Å²) in [6.45, 7) is 1.54. The molecule has 2 atom stereocenters. The Morgan fingerprint density at radius 3 is 2.24 bits per heavy atom. The van der Waals surface area contributed by atoms with E-state index in [1.807, 2.05) is 30.3 Å². The summed E-state index contributed by atoms with van der Waals surface area (Å²) < 4.78 is 9.78. The highest BCUT2D eigenvalue weighted by Crippen LogP contribution is 2.12. The fourth-order valence-electron chi connectivity index (χ4n) is 2.53. The minimum atomic E-state index is -0.991. The lowest BCUT2D eigenvalue weighted by atomic mass is 10.0. The Labute approximate surface area is 168 Å². The maximum absolute atomic E-state index is 12.6. The molecular formula is C21H24N2O6. The van der Waals surface area contributed by atoms with Crippen LogP contribution in [-0.2, 0) is 32.1 Å². The quantitative estimate of drug-likeness (QED) is 0.583. The molecule has 0 aliphatic heterocycles. The number of hydrogen-bond donors (Lipinski definition) is 3. The van der Waals surface area contributed by atoms with E-state index < -0.39 is 30.1 Å². The van der Waals surface area contributed by atoms with E-state index in [1.54, 1.807) is 12.1 Å². The fraction of sp³-hybridized carbons (Fsp3) is 0.286. The van der Waals surface area contributed by atoms with Gasteiger partial charge in [0.25, 0.3) is 0 Å². The van der Waals surface area contributed by atoms with Crippen molar-refractivity contribution >= 4 is 18.0 Å². The summed E-state index contributed by atoms with van der Waals surface area (Å²) >= 11 is 0. The Morgan fingerprint density at radius 1 is 0.966 bits per heavy atom. The Bertz CT molecular complexity index is 823. The predicted molar refractivity (Wildman–Crippen MR) is 105 cm³/mol. The van der Waals surface area contributed by atoms with Crippen LogP contribution in [-0.4, -0.2) is 42.3 Å². The van der Waals surface area contributed by atoms with Crippen molar-refractivity contribution < 1.29 is 29.0 Å². The average molecular weight is 400 g/mol. The molecule has 0 spiro atoms. The summed E-state index contributed by atoms with van der Waals surface area (Å²) in [6, 6.07) is 13.5. The summed E-state index contributed by atoms with van der Waals surface area (Å²) in [5.41, 5.74) is 1.51. The van der Waals surface area contributed by atoms with Gasteiger partial charge in [0, 0.05) is 6.42 Å². The van der Waals surface area contributed by atoms with E-state index in [2.05, 4.69) is 15.4 Å². The van der Waals surface area contributed by atoms with Crippen LogP contribution in [0.3, 0.4) is 0 Å². The first-order chi connectivity index (χ1) is 13.9. The van der Waals surface area contributed by atoms with Crippen molar-refractivity contribution in [3.8, 4) is 5.75 Å². The first-order valence-corrected chi connectivity index (χ1v) is 9.02. The molecule has 2 rings (SSSR count). The zero-order chi connectivity index (χ0) is 21.2.